The van der Waals surface area contributed by atoms with Gasteiger partial charge in [0.05, 0.1) is 33.0 Å². The molecule has 2 aromatic rings. The van der Waals surface area contributed by atoms with Crippen LogP contribution in [0.15, 0.2) is 24.4 Å². The molecule has 2 aromatic heterocycles. The molecule has 3 unspecified atom stereocenters. The summed E-state index contributed by atoms with van der Waals surface area (Å²) in [5, 5.41) is 14.0. The van der Waals surface area contributed by atoms with E-state index in [1.807, 2.05) is 6.08 Å². The van der Waals surface area contributed by atoms with Crippen molar-refractivity contribution in [2.75, 3.05) is 27.4 Å². The Balaban J connectivity index is 1.76. The minimum Gasteiger partial charge on any atom is -0.499 e. The van der Waals surface area contributed by atoms with Gasteiger partial charge in [-0.3, -0.25) is 4.79 Å². The van der Waals surface area contributed by atoms with Crippen LogP contribution in [0.2, 0.25) is 0 Å². The van der Waals surface area contributed by atoms with Crippen molar-refractivity contribution in [3.05, 3.63) is 51.8 Å². The molecule has 1 aliphatic heterocycles. The Morgan fingerprint density at radius 1 is 1.34 bits per heavy atom. The zero-order valence-corrected chi connectivity index (χ0v) is 18.0. The predicted molar refractivity (Wildman–Crippen MR) is 114 cm³/mol. The number of methoxy groups -OCH3 is 2. The average molecular weight is 443 g/mol. The highest BCUT2D eigenvalue weighted by Gasteiger charge is 2.27. The molecule has 0 radical (unpaired) electrons. The zero-order valence-electron chi connectivity index (χ0n) is 18.0. The molecule has 2 N–H and O–H groups in total. The lowest BCUT2D eigenvalue weighted by Gasteiger charge is -2.28. The smallest absolute Gasteiger partial charge is 0.270 e. The number of rotatable bonds is 6. The van der Waals surface area contributed by atoms with Gasteiger partial charge in [-0.15, -0.1) is 0 Å². The Bertz CT molecular complexity index is 1110. The third-order valence-corrected chi connectivity index (χ3v) is 5.73. The lowest BCUT2D eigenvalue weighted by atomic mass is 9.98. The summed E-state index contributed by atoms with van der Waals surface area (Å²) in [5.74, 6) is 0.500. The van der Waals surface area contributed by atoms with Gasteiger partial charge in [-0.2, -0.15) is 0 Å². The summed E-state index contributed by atoms with van der Waals surface area (Å²) in [6.07, 6.45) is 2.76. The van der Waals surface area contributed by atoms with E-state index < -0.39 is 24.2 Å². The van der Waals surface area contributed by atoms with E-state index in [0.717, 1.165) is 0 Å². The molecule has 3 atom stereocenters. The second kappa shape index (κ2) is 9.62. The van der Waals surface area contributed by atoms with E-state index in [4.69, 9.17) is 14.2 Å². The molecule has 1 aliphatic carbocycles. The van der Waals surface area contributed by atoms with Crippen LogP contribution in [0.3, 0.4) is 0 Å². The second-order valence-electron chi connectivity index (χ2n) is 7.74. The number of carbonyl (C=O) groups is 1. The zero-order chi connectivity index (χ0) is 22.7. The Morgan fingerprint density at radius 3 is 2.88 bits per heavy atom. The average Bonchev–Trinajstić information content (AvgIpc) is 2.83. The van der Waals surface area contributed by atoms with Gasteiger partial charge in [0.15, 0.2) is 6.17 Å². The fraction of sp³-hybridized carbons (Fsp3) is 0.435. The topological polar surface area (TPSA) is 103 Å². The first-order valence-corrected chi connectivity index (χ1v) is 10.5. The van der Waals surface area contributed by atoms with Crippen molar-refractivity contribution in [2.24, 2.45) is 0 Å². The number of carbonyl (C=O) groups excluding carboxylic acids is 1. The number of alkyl halides is 1. The SMILES string of the molecule is COC1=c2nc(C(=O)NC3CCOCC3O)cc(C(F)c3ccc(OC)nc3)c2=CCC1. The Kier molecular flexibility index (Phi) is 6.66. The number of hydrogen-bond acceptors (Lipinski definition) is 7. The molecule has 9 heteroatoms. The first-order chi connectivity index (χ1) is 15.5. The van der Waals surface area contributed by atoms with Gasteiger partial charge in [-0.05, 0) is 25.0 Å². The number of amides is 1. The summed E-state index contributed by atoms with van der Waals surface area (Å²) in [5.41, 5.74) is 0.712. The van der Waals surface area contributed by atoms with Crippen LogP contribution in [-0.2, 0) is 9.47 Å². The molecule has 4 rings (SSSR count). The number of ether oxygens (including phenoxy) is 3. The maximum Gasteiger partial charge on any atom is 0.270 e. The summed E-state index contributed by atoms with van der Waals surface area (Å²) in [6.45, 7) is 0.597. The standard InChI is InChI=1S/C23H26FN3O5/c1-30-19-5-3-4-14-15(21(24)13-6-7-20(31-2)25-11-13)10-17(26-22(14)19)23(29)27-16-8-9-32-12-18(16)28/h4,6-7,10-11,16,18,21,28H,3,5,8-9,12H2,1-2H3,(H,27,29). The Labute approximate surface area is 184 Å². The quantitative estimate of drug-likeness (QED) is 0.679. The Morgan fingerprint density at radius 2 is 2.19 bits per heavy atom. The van der Waals surface area contributed by atoms with E-state index in [-0.39, 0.29) is 12.3 Å². The molecule has 1 amide bonds. The van der Waals surface area contributed by atoms with Gasteiger partial charge in [0.25, 0.3) is 5.91 Å². The third kappa shape index (κ3) is 4.44. The van der Waals surface area contributed by atoms with Crippen LogP contribution >= 0.6 is 0 Å². The van der Waals surface area contributed by atoms with E-state index >= 15 is 4.39 Å². The number of pyridine rings is 2. The minimum atomic E-state index is -1.53. The highest BCUT2D eigenvalue weighted by Crippen LogP contribution is 2.25. The summed E-state index contributed by atoms with van der Waals surface area (Å²) < 4.78 is 31.5. The van der Waals surface area contributed by atoms with E-state index in [1.165, 1.54) is 26.5 Å². The molecule has 0 bridgehead atoms. The maximum atomic E-state index is 15.7. The summed E-state index contributed by atoms with van der Waals surface area (Å²) in [6, 6.07) is 4.20. The van der Waals surface area contributed by atoms with Gasteiger partial charge in [0.1, 0.15) is 16.8 Å². The number of nitrogens with zero attached hydrogens (tertiary/aromatic N) is 2. The van der Waals surface area contributed by atoms with Gasteiger partial charge in [-0.1, -0.05) is 6.08 Å². The van der Waals surface area contributed by atoms with E-state index in [1.54, 1.807) is 12.1 Å². The number of fused-ring (bicyclic) bond motifs is 1. The van der Waals surface area contributed by atoms with Crippen molar-refractivity contribution in [3.8, 4) is 5.88 Å². The normalized spacial score (nSPS) is 21.2. The third-order valence-electron chi connectivity index (χ3n) is 5.73. The van der Waals surface area contributed by atoms with Gasteiger partial charge >= 0.3 is 0 Å². The molecule has 1 saturated heterocycles. The number of aliphatic hydroxyl groups excluding tert-OH is 1. The molecule has 3 heterocycles. The molecule has 8 nitrogen and oxygen atoms in total. The van der Waals surface area contributed by atoms with E-state index in [2.05, 4.69) is 15.3 Å². The minimum absolute atomic E-state index is 0.0615. The lowest BCUT2D eigenvalue weighted by molar-refractivity contribution is -0.0261. The monoisotopic (exact) mass is 443 g/mol. The number of aromatic nitrogens is 2. The van der Waals surface area contributed by atoms with Crippen molar-refractivity contribution in [1.82, 2.24) is 15.3 Å². The molecule has 0 spiro atoms. The molecule has 1 fully saturated rings. The van der Waals surface area contributed by atoms with Crippen LogP contribution in [0.25, 0.3) is 11.8 Å². The highest BCUT2D eigenvalue weighted by atomic mass is 19.1. The largest absolute Gasteiger partial charge is 0.499 e. The molecule has 32 heavy (non-hydrogen) atoms. The first kappa shape index (κ1) is 22.2. The molecule has 170 valence electrons. The van der Waals surface area contributed by atoms with Crippen molar-refractivity contribution in [2.45, 2.75) is 37.6 Å². The Hall–Kier alpha value is -3.04. The molecule has 2 aliphatic rings. The number of halogens is 1. The summed E-state index contributed by atoms with van der Waals surface area (Å²) in [4.78, 5) is 21.6. The van der Waals surface area contributed by atoms with Crippen molar-refractivity contribution >= 4 is 17.7 Å². The fourth-order valence-electron chi connectivity index (χ4n) is 3.97. The van der Waals surface area contributed by atoms with Gasteiger partial charge in [0.2, 0.25) is 5.88 Å². The first-order valence-electron chi connectivity index (χ1n) is 10.5. The van der Waals surface area contributed by atoms with Crippen molar-refractivity contribution in [3.63, 3.8) is 0 Å². The number of nitrogens with one attached hydrogen (secondary N) is 1. The second-order valence-corrected chi connectivity index (χ2v) is 7.74. The van der Waals surface area contributed by atoms with Crippen molar-refractivity contribution in [1.29, 1.82) is 0 Å². The number of hydrogen-bond donors (Lipinski definition) is 2. The van der Waals surface area contributed by atoms with Crippen LogP contribution < -0.4 is 20.6 Å². The van der Waals surface area contributed by atoms with E-state index in [0.29, 0.717) is 59.2 Å². The van der Waals surface area contributed by atoms with Crippen LogP contribution in [-0.4, -0.2) is 60.6 Å². The molecule has 0 aromatic carbocycles. The lowest BCUT2D eigenvalue weighted by Crippen LogP contribution is -2.49. The number of aliphatic hydroxyl groups is 1. The predicted octanol–water partition coefficient (Wildman–Crippen LogP) is 0.753. The summed E-state index contributed by atoms with van der Waals surface area (Å²) in [7, 11) is 3.03. The fourth-order valence-corrected chi connectivity index (χ4v) is 3.97. The van der Waals surface area contributed by atoms with Crippen LogP contribution in [0.5, 0.6) is 5.88 Å². The molecular formula is C23H26FN3O5. The molecule has 0 saturated carbocycles. The van der Waals surface area contributed by atoms with Gasteiger partial charge in [0, 0.05) is 41.6 Å². The summed E-state index contributed by atoms with van der Waals surface area (Å²) >= 11 is 0. The van der Waals surface area contributed by atoms with E-state index in [9.17, 15) is 9.90 Å². The van der Waals surface area contributed by atoms with Gasteiger partial charge in [-0.25, -0.2) is 14.4 Å². The van der Waals surface area contributed by atoms with Gasteiger partial charge < -0.3 is 24.6 Å². The van der Waals surface area contributed by atoms with Crippen LogP contribution in [0.1, 0.15) is 47.0 Å². The van der Waals surface area contributed by atoms with Crippen molar-refractivity contribution < 1.29 is 28.5 Å². The molecular weight excluding hydrogens is 417 g/mol. The highest BCUT2D eigenvalue weighted by molar-refractivity contribution is 5.92. The maximum absolute atomic E-state index is 15.7. The van der Waals surface area contributed by atoms with Crippen LogP contribution in [0.4, 0.5) is 4.39 Å². The van der Waals surface area contributed by atoms with Crippen LogP contribution in [0, 0.1) is 0 Å².